The molecule has 0 unspecified atom stereocenters. The molecule has 0 bridgehead atoms. The number of hydrogen-bond acceptors (Lipinski definition) is 5. The Hall–Kier alpha value is -2.83. The molecule has 0 spiro atoms. The topological polar surface area (TPSA) is 82.4 Å². The third-order valence-corrected chi connectivity index (χ3v) is 4.11. The number of nitrogens with zero attached hydrogens (tertiary/aromatic N) is 2. The summed E-state index contributed by atoms with van der Waals surface area (Å²) in [5.41, 5.74) is 4.21. The van der Waals surface area contributed by atoms with Crippen LogP contribution in [-0.4, -0.2) is 34.4 Å². The zero-order chi connectivity index (χ0) is 19.4. The smallest absolute Gasteiger partial charge is 0.344 e. The Bertz CT molecular complexity index is 826. The second kappa shape index (κ2) is 8.03. The standard InChI is InChI=1S/C19H25N3O4/c1-11-7-8-16(12(2)9-11)25-10-17(23)26-15(5)19(24)20-18-13(3)21-22(6)14(18)4/h7-9,15H,10H2,1-6H3,(H,20,24)/t15-/m0/s1. The predicted molar refractivity (Wildman–Crippen MR) is 98.3 cm³/mol. The second-order valence-electron chi connectivity index (χ2n) is 6.35. The van der Waals surface area contributed by atoms with Crippen molar-refractivity contribution >= 4 is 17.6 Å². The van der Waals surface area contributed by atoms with E-state index in [9.17, 15) is 9.59 Å². The molecule has 1 N–H and O–H groups in total. The number of anilines is 1. The zero-order valence-electron chi connectivity index (χ0n) is 16.0. The van der Waals surface area contributed by atoms with Crippen LogP contribution < -0.4 is 10.1 Å². The molecule has 0 aliphatic carbocycles. The van der Waals surface area contributed by atoms with Gasteiger partial charge in [-0.15, -0.1) is 0 Å². The molecule has 2 aromatic rings. The van der Waals surface area contributed by atoms with Gasteiger partial charge in [0.1, 0.15) is 5.75 Å². The van der Waals surface area contributed by atoms with Gasteiger partial charge >= 0.3 is 5.97 Å². The minimum absolute atomic E-state index is 0.257. The number of esters is 1. The summed E-state index contributed by atoms with van der Waals surface area (Å²) in [5, 5.41) is 6.99. The van der Waals surface area contributed by atoms with Gasteiger partial charge in [0.25, 0.3) is 5.91 Å². The molecular weight excluding hydrogens is 334 g/mol. The number of aromatic nitrogens is 2. The van der Waals surface area contributed by atoms with Crippen LogP contribution in [0.15, 0.2) is 18.2 Å². The van der Waals surface area contributed by atoms with Crippen molar-refractivity contribution in [3.63, 3.8) is 0 Å². The van der Waals surface area contributed by atoms with Crippen LogP contribution in [-0.2, 0) is 21.4 Å². The normalized spacial score (nSPS) is 11.8. The number of ether oxygens (including phenoxy) is 2. The Morgan fingerprint density at radius 3 is 2.50 bits per heavy atom. The minimum atomic E-state index is -0.941. The maximum Gasteiger partial charge on any atom is 0.344 e. The summed E-state index contributed by atoms with van der Waals surface area (Å²) in [6.45, 7) is 8.80. The minimum Gasteiger partial charge on any atom is -0.482 e. The molecule has 0 aliphatic rings. The van der Waals surface area contributed by atoms with Gasteiger partial charge in [-0.3, -0.25) is 9.48 Å². The van der Waals surface area contributed by atoms with E-state index in [1.807, 2.05) is 39.0 Å². The fourth-order valence-electron chi connectivity index (χ4n) is 2.56. The molecule has 0 radical (unpaired) electrons. The van der Waals surface area contributed by atoms with Crippen LogP contribution in [0.3, 0.4) is 0 Å². The van der Waals surface area contributed by atoms with Crippen molar-refractivity contribution in [2.75, 3.05) is 11.9 Å². The number of nitrogens with one attached hydrogen (secondary N) is 1. The van der Waals surface area contributed by atoms with E-state index in [1.165, 1.54) is 6.92 Å². The van der Waals surface area contributed by atoms with Crippen LogP contribution in [0.1, 0.15) is 29.4 Å². The van der Waals surface area contributed by atoms with Gasteiger partial charge in [0.2, 0.25) is 0 Å². The van der Waals surface area contributed by atoms with Crippen molar-refractivity contribution in [3.8, 4) is 5.75 Å². The molecule has 0 saturated heterocycles. The van der Waals surface area contributed by atoms with Crippen LogP contribution in [0.5, 0.6) is 5.75 Å². The first-order chi connectivity index (χ1) is 12.2. The molecule has 1 atom stereocenters. The number of aryl methyl sites for hydroxylation is 4. The van der Waals surface area contributed by atoms with Gasteiger partial charge in [-0.1, -0.05) is 17.7 Å². The highest BCUT2D eigenvalue weighted by molar-refractivity contribution is 5.96. The van der Waals surface area contributed by atoms with E-state index in [0.29, 0.717) is 17.1 Å². The van der Waals surface area contributed by atoms with Crippen LogP contribution in [0.2, 0.25) is 0 Å². The van der Waals surface area contributed by atoms with E-state index in [4.69, 9.17) is 9.47 Å². The Labute approximate surface area is 153 Å². The largest absolute Gasteiger partial charge is 0.482 e. The number of amides is 1. The number of rotatable bonds is 6. The van der Waals surface area contributed by atoms with Crippen molar-refractivity contribution in [2.45, 2.75) is 40.7 Å². The fraction of sp³-hybridized carbons (Fsp3) is 0.421. The summed E-state index contributed by atoms with van der Waals surface area (Å²) >= 11 is 0. The van der Waals surface area contributed by atoms with Crippen LogP contribution in [0, 0.1) is 27.7 Å². The van der Waals surface area contributed by atoms with Crippen molar-refractivity contribution in [2.24, 2.45) is 7.05 Å². The summed E-state index contributed by atoms with van der Waals surface area (Å²) in [5.74, 6) is -0.400. The highest BCUT2D eigenvalue weighted by Crippen LogP contribution is 2.20. The molecule has 2 rings (SSSR count). The van der Waals surface area contributed by atoms with E-state index < -0.39 is 18.0 Å². The third kappa shape index (κ3) is 4.62. The summed E-state index contributed by atoms with van der Waals surface area (Å²) < 4.78 is 12.3. The molecule has 1 amide bonds. The molecule has 7 heteroatoms. The molecule has 26 heavy (non-hydrogen) atoms. The lowest BCUT2D eigenvalue weighted by Crippen LogP contribution is -2.32. The van der Waals surface area contributed by atoms with Gasteiger partial charge in [0, 0.05) is 7.05 Å². The maximum atomic E-state index is 12.3. The third-order valence-electron chi connectivity index (χ3n) is 4.11. The van der Waals surface area contributed by atoms with Crippen LogP contribution in [0.4, 0.5) is 5.69 Å². The van der Waals surface area contributed by atoms with Crippen LogP contribution >= 0.6 is 0 Å². The van der Waals surface area contributed by atoms with Gasteiger partial charge in [-0.05, 0) is 46.2 Å². The van der Waals surface area contributed by atoms with Crippen molar-refractivity contribution < 1.29 is 19.1 Å². The monoisotopic (exact) mass is 359 g/mol. The number of hydrogen-bond donors (Lipinski definition) is 1. The van der Waals surface area contributed by atoms with E-state index in [-0.39, 0.29) is 6.61 Å². The van der Waals surface area contributed by atoms with Gasteiger partial charge in [-0.25, -0.2) is 4.79 Å². The molecule has 0 aliphatic heterocycles. The molecule has 0 saturated carbocycles. The first-order valence-electron chi connectivity index (χ1n) is 8.39. The Morgan fingerprint density at radius 2 is 1.92 bits per heavy atom. The summed E-state index contributed by atoms with van der Waals surface area (Å²) in [6, 6.07) is 5.68. The van der Waals surface area contributed by atoms with Crippen molar-refractivity contribution in [1.82, 2.24) is 9.78 Å². The molecule has 0 fully saturated rings. The number of carbonyl (C=O) groups is 2. The fourth-order valence-corrected chi connectivity index (χ4v) is 2.56. The van der Waals surface area contributed by atoms with Crippen molar-refractivity contribution in [3.05, 3.63) is 40.7 Å². The lowest BCUT2D eigenvalue weighted by molar-refractivity contribution is -0.155. The van der Waals surface area contributed by atoms with Crippen molar-refractivity contribution in [1.29, 1.82) is 0 Å². The lowest BCUT2D eigenvalue weighted by atomic mass is 10.1. The first-order valence-corrected chi connectivity index (χ1v) is 8.39. The molecule has 140 valence electrons. The maximum absolute atomic E-state index is 12.3. The molecule has 1 heterocycles. The van der Waals surface area contributed by atoms with Crippen LogP contribution in [0.25, 0.3) is 0 Å². The molecule has 7 nitrogen and oxygen atoms in total. The molecule has 1 aromatic carbocycles. The average molecular weight is 359 g/mol. The SMILES string of the molecule is Cc1ccc(OCC(=O)O[C@@H](C)C(=O)Nc2c(C)nn(C)c2C)c(C)c1. The number of benzene rings is 1. The first kappa shape index (κ1) is 19.5. The summed E-state index contributed by atoms with van der Waals surface area (Å²) in [7, 11) is 1.80. The molecular formula is C19H25N3O4. The average Bonchev–Trinajstić information content (AvgIpc) is 2.80. The van der Waals surface area contributed by atoms with E-state index in [2.05, 4.69) is 10.4 Å². The summed E-state index contributed by atoms with van der Waals surface area (Å²) in [4.78, 5) is 24.2. The Balaban J connectivity index is 1.88. The zero-order valence-corrected chi connectivity index (χ0v) is 16.0. The summed E-state index contributed by atoms with van der Waals surface area (Å²) in [6.07, 6.45) is -0.941. The van der Waals surface area contributed by atoms with Gasteiger partial charge in [0.15, 0.2) is 12.7 Å². The highest BCUT2D eigenvalue weighted by atomic mass is 16.6. The number of carbonyl (C=O) groups excluding carboxylic acids is 2. The van der Waals surface area contributed by atoms with E-state index >= 15 is 0 Å². The Morgan fingerprint density at radius 1 is 1.23 bits per heavy atom. The second-order valence-corrected chi connectivity index (χ2v) is 6.35. The molecule has 1 aromatic heterocycles. The lowest BCUT2D eigenvalue weighted by Gasteiger charge is -2.14. The van der Waals surface area contributed by atoms with Gasteiger partial charge < -0.3 is 14.8 Å². The van der Waals surface area contributed by atoms with E-state index in [0.717, 1.165) is 16.8 Å². The quantitative estimate of drug-likeness (QED) is 0.802. The highest BCUT2D eigenvalue weighted by Gasteiger charge is 2.21. The van der Waals surface area contributed by atoms with Gasteiger partial charge in [0.05, 0.1) is 17.1 Å². The van der Waals surface area contributed by atoms with Gasteiger partial charge in [-0.2, -0.15) is 5.10 Å². The van der Waals surface area contributed by atoms with E-state index in [1.54, 1.807) is 18.7 Å². The predicted octanol–water partition coefficient (Wildman–Crippen LogP) is 2.60. The Kier molecular flexibility index (Phi) is 6.02.